The fraction of sp³-hybridized carbons (Fsp3) is 1.00. The molecule has 0 rings (SSSR count). The van der Waals surface area contributed by atoms with Gasteiger partial charge in [0.2, 0.25) is 0 Å². The molecule has 0 aliphatic heterocycles. The van der Waals surface area contributed by atoms with Crippen molar-refractivity contribution < 1.29 is 4.11 Å². The van der Waals surface area contributed by atoms with Gasteiger partial charge < -0.3 is 0 Å². The molecule has 0 radical (unpaired) electrons. The first-order valence-corrected chi connectivity index (χ1v) is 2.06. The first-order chi connectivity index (χ1) is 3.56. The molecule has 0 heteroatoms. The van der Waals surface area contributed by atoms with Gasteiger partial charge in [-0.15, -0.1) is 0 Å². The van der Waals surface area contributed by atoms with E-state index in [0.29, 0.717) is 6.42 Å². The molecule has 0 spiro atoms. The minimum Gasteiger partial charge on any atom is -0.0654 e. The van der Waals surface area contributed by atoms with Crippen molar-refractivity contribution in [2.75, 3.05) is 0 Å². The molecule has 0 bridgehead atoms. The highest BCUT2D eigenvalue weighted by atomic mass is 13.7. The van der Waals surface area contributed by atoms with E-state index >= 15 is 0 Å². The molecule has 0 saturated carbocycles. The Morgan fingerprint density at radius 2 is 2.40 bits per heavy atom. The largest absolute Gasteiger partial charge is 0.0654 e. The van der Waals surface area contributed by atoms with Crippen molar-refractivity contribution in [3.63, 3.8) is 0 Å². The third-order valence-electron chi connectivity index (χ3n) is 0.530. The lowest BCUT2D eigenvalue weighted by molar-refractivity contribution is 0.772. The molecule has 0 aliphatic rings. The summed E-state index contributed by atoms with van der Waals surface area (Å²) >= 11 is 0. The van der Waals surface area contributed by atoms with E-state index in [-0.39, 0.29) is 0 Å². The Bertz CT molecular complexity index is 55.2. The van der Waals surface area contributed by atoms with E-state index in [9.17, 15) is 0 Å². The van der Waals surface area contributed by atoms with Gasteiger partial charge in [-0.1, -0.05) is 33.0 Å². The monoisotopic (exact) mass is 75.1 g/mol. The molecule has 0 aromatic carbocycles. The van der Waals surface area contributed by atoms with Gasteiger partial charge in [0.05, 0.1) is 0 Å². The van der Waals surface area contributed by atoms with Crippen LogP contribution in [0.2, 0.25) is 0 Å². The standard InChI is InChI=1S/C5H12/c1-3-5-4-2/h3-5H2,1-2H3/i1D3. The molecule has 0 aliphatic carbocycles. The normalized spacial score (nSPS) is 19.8. The molecule has 0 unspecified atom stereocenters. The first-order valence-electron chi connectivity index (χ1n) is 3.56. The topological polar surface area (TPSA) is 0 Å². The van der Waals surface area contributed by atoms with Crippen LogP contribution in [0.4, 0.5) is 0 Å². The van der Waals surface area contributed by atoms with Crippen LogP contribution in [0.5, 0.6) is 0 Å². The Labute approximate surface area is 38.4 Å². The average molecular weight is 75.2 g/mol. The number of unbranched alkanes of at least 4 members (excludes halogenated alkanes) is 1. The van der Waals surface area contributed by atoms with Crippen molar-refractivity contribution in [2.45, 2.75) is 33.0 Å². The molecule has 0 aromatic rings. The van der Waals surface area contributed by atoms with Crippen molar-refractivity contribution >= 4 is 0 Å². The second kappa shape index (κ2) is 4.00. The summed E-state index contributed by atoms with van der Waals surface area (Å²) in [6.45, 7) is 0.293. The number of hydrogen-bond donors (Lipinski definition) is 0. The highest BCUT2D eigenvalue weighted by molar-refractivity contribution is 4.24. The Morgan fingerprint density at radius 1 is 1.60 bits per heavy atom. The van der Waals surface area contributed by atoms with Gasteiger partial charge in [-0.2, -0.15) is 0 Å². The van der Waals surface area contributed by atoms with Crippen LogP contribution in [-0.4, -0.2) is 0 Å². The average Bonchev–Trinajstić information content (AvgIpc) is 1.59. The van der Waals surface area contributed by atoms with Crippen LogP contribution >= 0.6 is 0 Å². The SMILES string of the molecule is [2H]C([2H])([2H])CCCC. The fourth-order valence-corrected chi connectivity index (χ4v) is 0.177. The maximum absolute atomic E-state index is 6.77. The quantitative estimate of drug-likeness (QED) is 0.472. The van der Waals surface area contributed by atoms with Crippen LogP contribution in [0, 0.1) is 0 Å². The highest BCUT2D eigenvalue weighted by Gasteiger charge is 1.68. The predicted molar refractivity (Wildman–Crippen MR) is 25.2 cm³/mol. The van der Waals surface area contributed by atoms with Crippen molar-refractivity contribution in [1.29, 1.82) is 0 Å². The third-order valence-corrected chi connectivity index (χ3v) is 0.530. The minimum absolute atomic E-state index is 0.365. The number of rotatable bonds is 2. The van der Waals surface area contributed by atoms with Gasteiger partial charge in [-0.3, -0.25) is 0 Å². The zero-order valence-corrected chi connectivity index (χ0v) is 3.62. The Kier molecular flexibility index (Phi) is 1.31. The van der Waals surface area contributed by atoms with E-state index in [1.54, 1.807) is 0 Å². The molecule has 32 valence electrons. The van der Waals surface area contributed by atoms with Crippen LogP contribution in [0.1, 0.15) is 37.2 Å². The van der Waals surface area contributed by atoms with E-state index in [2.05, 4.69) is 0 Å². The van der Waals surface area contributed by atoms with E-state index in [1.807, 2.05) is 6.92 Å². The van der Waals surface area contributed by atoms with Gasteiger partial charge in [0.1, 0.15) is 0 Å². The van der Waals surface area contributed by atoms with Gasteiger partial charge in [0.25, 0.3) is 0 Å². The molecule has 0 atom stereocenters. The molecule has 0 N–H and O–H groups in total. The van der Waals surface area contributed by atoms with Crippen LogP contribution in [-0.2, 0) is 0 Å². The summed E-state index contributed by atoms with van der Waals surface area (Å²) in [5.74, 6) is 0. The van der Waals surface area contributed by atoms with Gasteiger partial charge in [-0.25, -0.2) is 0 Å². The lowest BCUT2D eigenvalue weighted by Gasteiger charge is -1.79. The lowest BCUT2D eigenvalue weighted by Crippen LogP contribution is -1.59. The van der Waals surface area contributed by atoms with E-state index in [0.717, 1.165) is 12.8 Å². The summed E-state index contributed by atoms with van der Waals surface area (Å²) in [6, 6.07) is 0. The van der Waals surface area contributed by atoms with Gasteiger partial charge in [0, 0.05) is 4.11 Å². The molecular weight excluding hydrogens is 60.1 g/mol. The van der Waals surface area contributed by atoms with Crippen molar-refractivity contribution in [3.05, 3.63) is 0 Å². The molecule has 0 saturated heterocycles. The molecular formula is C5H12. The summed E-state index contributed by atoms with van der Waals surface area (Å²) in [5, 5.41) is 0. The van der Waals surface area contributed by atoms with Gasteiger partial charge >= 0.3 is 0 Å². The fourth-order valence-electron chi connectivity index (χ4n) is 0.177. The third kappa shape index (κ3) is 4.00. The highest BCUT2D eigenvalue weighted by Crippen LogP contribution is 1.88. The molecule has 0 nitrogen and oxygen atoms in total. The van der Waals surface area contributed by atoms with Crippen molar-refractivity contribution in [3.8, 4) is 0 Å². The lowest BCUT2D eigenvalue weighted by atomic mass is 10.3. The zero-order chi connectivity index (χ0) is 6.62. The smallest absolute Gasteiger partial charge is 0.0230 e. The van der Waals surface area contributed by atoms with Crippen LogP contribution in [0.3, 0.4) is 0 Å². The van der Waals surface area contributed by atoms with Crippen LogP contribution in [0.25, 0.3) is 0 Å². The summed E-state index contributed by atoms with van der Waals surface area (Å²) in [6.07, 6.45) is 2.15. The maximum atomic E-state index is 6.77. The first kappa shape index (κ1) is 1.63. The summed E-state index contributed by atoms with van der Waals surface area (Å²) in [4.78, 5) is 0. The molecule has 0 amide bonds. The minimum atomic E-state index is -1.70. The number of hydrogen-bond acceptors (Lipinski definition) is 0. The summed E-state index contributed by atoms with van der Waals surface area (Å²) < 4.78 is 20.3. The van der Waals surface area contributed by atoms with E-state index in [1.165, 1.54) is 0 Å². The Hall–Kier alpha value is 0. The van der Waals surface area contributed by atoms with Gasteiger partial charge in [0.15, 0.2) is 0 Å². The molecule has 0 aromatic heterocycles. The van der Waals surface area contributed by atoms with E-state index in [4.69, 9.17) is 4.11 Å². The molecule has 0 fully saturated rings. The van der Waals surface area contributed by atoms with Crippen LogP contribution in [0.15, 0.2) is 0 Å². The summed E-state index contributed by atoms with van der Waals surface area (Å²) in [5.41, 5.74) is 0. The van der Waals surface area contributed by atoms with Crippen LogP contribution < -0.4 is 0 Å². The van der Waals surface area contributed by atoms with Crippen molar-refractivity contribution in [1.82, 2.24) is 0 Å². The molecule has 5 heavy (non-hydrogen) atoms. The second-order valence-electron chi connectivity index (χ2n) is 1.10. The van der Waals surface area contributed by atoms with Crippen molar-refractivity contribution in [2.24, 2.45) is 0 Å². The summed E-state index contributed by atoms with van der Waals surface area (Å²) in [7, 11) is 0. The Morgan fingerprint density at radius 3 is 2.60 bits per heavy atom. The maximum Gasteiger partial charge on any atom is 0.0230 e. The van der Waals surface area contributed by atoms with Gasteiger partial charge in [-0.05, 0) is 0 Å². The zero-order valence-electron chi connectivity index (χ0n) is 6.62. The predicted octanol–water partition coefficient (Wildman–Crippen LogP) is 2.20. The molecule has 0 heterocycles. The van der Waals surface area contributed by atoms with E-state index < -0.39 is 6.85 Å². The Balaban J connectivity index is 3.11. The second-order valence-corrected chi connectivity index (χ2v) is 1.10.